The third-order valence-corrected chi connectivity index (χ3v) is 2.31. The predicted octanol–water partition coefficient (Wildman–Crippen LogP) is -0.116. The van der Waals surface area contributed by atoms with Crippen LogP contribution in [0.4, 0.5) is 5.69 Å². The molecule has 6 nitrogen and oxygen atoms in total. The largest absolute Gasteiger partial charge is 0.467 e. The Kier molecular flexibility index (Phi) is 4.05. The van der Waals surface area contributed by atoms with Crippen molar-refractivity contribution in [1.82, 2.24) is 4.98 Å². The van der Waals surface area contributed by atoms with Crippen LogP contribution in [-0.2, 0) is 9.53 Å². The van der Waals surface area contributed by atoms with Gasteiger partial charge in [0.2, 0.25) is 0 Å². The minimum atomic E-state index is -1.76. The van der Waals surface area contributed by atoms with Crippen LogP contribution in [-0.4, -0.2) is 34.4 Å². The van der Waals surface area contributed by atoms with E-state index >= 15 is 0 Å². The molecule has 1 aromatic rings. The molecule has 0 spiro atoms. The number of halogens is 1. The summed E-state index contributed by atoms with van der Waals surface area (Å²) in [6, 6.07) is 1.40. The van der Waals surface area contributed by atoms with Gasteiger partial charge in [0.15, 0.2) is 6.10 Å². The van der Waals surface area contributed by atoms with Gasteiger partial charge in [-0.2, -0.15) is 0 Å². The lowest BCUT2D eigenvalue weighted by Crippen LogP contribution is -2.29. The van der Waals surface area contributed by atoms with E-state index in [0.29, 0.717) is 0 Å². The lowest BCUT2D eigenvalue weighted by Gasteiger charge is -2.18. The number of methoxy groups -OCH3 is 1. The van der Waals surface area contributed by atoms with Gasteiger partial charge in [-0.3, -0.25) is 0 Å². The average Bonchev–Trinajstić information content (AvgIpc) is 2.26. The second-order valence-electron chi connectivity index (χ2n) is 3.02. The van der Waals surface area contributed by atoms with Crippen molar-refractivity contribution in [3.8, 4) is 0 Å². The lowest BCUT2D eigenvalue weighted by molar-refractivity contribution is -0.156. The number of aliphatic hydroxyl groups excluding tert-OH is 2. The highest BCUT2D eigenvalue weighted by Crippen LogP contribution is 2.29. The topological polar surface area (TPSA) is 106 Å². The summed E-state index contributed by atoms with van der Waals surface area (Å²) in [4.78, 5) is 14.7. The van der Waals surface area contributed by atoms with Gasteiger partial charge in [-0.05, 0) is 6.07 Å². The number of carbonyl (C=O) groups excluding carboxylic acids is 1. The van der Waals surface area contributed by atoms with Gasteiger partial charge in [0, 0.05) is 17.4 Å². The number of rotatable bonds is 3. The van der Waals surface area contributed by atoms with Gasteiger partial charge in [0.05, 0.1) is 7.11 Å². The average molecular weight is 247 g/mol. The molecule has 0 saturated carbocycles. The van der Waals surface area contributed by atoms with Crippen LogP contribution in [0.2, 0.25) is 5.15 Å². The molecule has 4 N–H and O–H groups in total. The van der Waals surface area contributed by atoms with Crippen molar-refractivity contribution in [2.75, 3.05) is 12.8 Å². The number of hydrogen-bond acceptors (Lipinski definition) is 6. The van der Waals surface area contributed by atoms with Crippen LogP contribution in [0.25, 0.3) is 0 Å². The summed E-state index contributed by atoms with van der Waals surface area (Å²) in [5.74, 6) is -0.980. The van der Waals surface area contributed by atoms with E-state index in [-0.39, 0.29) is 16.4 Å². The van der Waals surface area contributed by atoms with Gasteiger partial charge < -0.3 is 20.7 Å². The molecule has 2 unspecified atom stereocenters. The molecule has 0 amide bonds. The molecule has 0 aliphatic rings. The van der Waals surface area contributed by atoms with E-state index in [2.05, 4.69) is 9.72 Å². The number of aromatic nitrogens is 1. The van der Waals surface area contributed by atoms with E-state index < -0.39 is 18.2 Å². The highest BCUT2D eigenvalue weighted by atomic mass is 35.5. The van der Waals surface area contributed by atoms with E-state index in [0.717, 1.165) is 7.11 Å². The minimum Gasteiger partial charge on any atom is -0.467 e. The van der Waals surface area contributed by atoms with Crippen molar-refractivity contribution >= 4 is 23.3 Å². The first-order chi connectivity index (χ1) is 7.49. The van der Waals surface area contributed by atoms with Crippen molar-refractivity contribution in [2.45, 2.75) is 12.2 Å². The van der Waals surface area contributed by atoms with Crippen LogP contribution in [0.3, 0.4) is 0 Å². The van der Waals surface area contributed by atoms with E-state index in [1.807, 2.05) is 0 Å². The normalized spacial score (nSPS) is 14.2. The quantitative estimate of drug-likeness (QED) is 0.507. The van der Waals surface area contributed by atoms with Crippen molar-refractivity contribution in [1.29, 1.82) is 0 Å². The summed E-state index contributed by atoms with van der Waals surface area (Å²) < 4.78 is 4.28. The van der Waals surface area contributed by atoms with Gasteiger partial charge in [-0.1, -0.05) is 11.6 Å². The summed E-state index contributed by atoms with van der Waals surface area (Å²) in [6.45, 7) is 0. The first-order valence-electron chi connectivity index (χ1n) is 4.33. The molecule has 0 radical (unpaired) electrons. The zero-order valence-electron chi connectivity index (χ0n) is 8.42. The third kappa shape index (κ3) is 2.41. The number of nitrogen functional groups attached to an aromatic ring is 1. The molecular formula is C9H11ClN2O4. The van der Waals surface area contributed by atoms with Crippen LogP contribution < -0.4 is 5.73 Å². The number of aliphatic hydroxyl groups is 2. The molecule has 88 valence electrons. The molecule has 7 heteroatoms. The SMILES string of the molecule is COC(=O)C(O)C(O)c1c(N)ccnc1Cl. The zero-order valence-corrected chi connectivity index (χ0v) is 9.18. The molecule has 0 aliphatic carbocycles. The Morgan fingerprint density at radius 1 is 1.62 bits per heavy atom. The standard InChI is InChI=1S/C9H11ClN2O4/c1-16-9(15)7(14)6(13)5-4(11)2-3-12-8(5)10/h2-3,6-7,13-14H,1H3,(H2,11,12). The number of nitrogens with zero attached hydrogens (tertiary/aromatic N) is 1. The molecule has 0 bridgehead atoms. The highest BCUT2D eigenvalue weighted by molar-refractivity contribution is 6.30. The van der Waals surface area contributed by atoms with Gasteiger partial charge in [-0.25, -0.2) is 9.78 Å². The number of anilines is 1. The Bertz CT molecular complexity index is 379. The Morgan fingerprint density at radius 3 is 2.75 bits per heavy atom. The number of carbonyl (C=O) groups is 1. The fourth-order valence-electron chi connectivity index (χ4n) is 1.16. The van der Waals surface area contributed by atoms with Crippen LogP contribution >= 0.6 is 11.6 Å². The lowest BCUT2D eigenvalue weighted by atomic mass is 10.0. The monoisotopic (exact) mass is 246 g/mol. The van der Waals surface area contributed by atoms with Gasteiger partial charge in [0.1, 0.15) is 11.3 Å². The minimum absolute atomic E-state index is 0.00191. The molecule has 16 heavy (non-hydrogen) atoms. The van der Waals surface area contributed by atoms with E-state index in [1.165, 1.54) is 12.3 Å². The molecule has 2 atom stereocenters. The molecule has 0 aliphatic heterocycles. The van der Waals surface area contributed by atoms with Gasteiger partial charge in [0.25, 0.3) is 0 Å². The smallest absolute Gasteiger partial charge is 0.337 e. The summed E-state index contributed by atoms with van der Waals surface area (Å²) >= 11 is 5.70. The van der Waals surface area contributed by atoms with E-state index in [1.54, 1.807) is 0 Å². The molecular weight excluding hydrogens is 236 g/mol. The Labute approximate surface area is 96.6 Å². The maximum absolute atomic E-state index is 11.0. The first-order valence-corrected chi connectivity index (χ1v) is 4.70. The first kappa shape index (κ1) is 12.7. The fourth-order valence-corrected chi connectivity index (χ4v) is 1.44. The van der Waals surface area contributed by atoms with Crippen LogP contribution in [0, 0.1) is 0 Å². The maximum Gasteiger partial charge on any atom is 0.337 e. The Morgan fingerprint density at radius 2 is 2.25 bits per heavy atom. The fraction of sp³-hybridized carbons (Fsp3) is 0.333. The van der Waals surface area contributed by atoms with Crippen LogP contribution in [0.5, 0.6) is 0 Å². The van der Waals surface area contributed by atoms with Crippen LogP contribution in [0.15, 0.2) is 12.3 Å². The molecule has 1 rings (SSSR count). The summed E-state index contributed by atoms with van der Waals surface area (Å²) in [5.41, 5.74) is 5.69. The third-order valence-electron chi connectivity index (χ3n) is 2.01. The zero-order chi connectivity index (χ0) is 12.3. The molecule has 0 fully saturated rings. The highest BCUT2D eigenvalue weighted by Gasteiger charge is 2.29. The number of esters is 1. The van der Waals surface area contributed by atoms with Crippen LogP contribution in [0.1, 0.15) is 11.7 Å². The van der Waals surface area contributed by atoms with E-state index in [4.69, 9.17) is 17.3 Å². The molecule has 1 aromatic heterocycles. The number of hydrogen-bond donors (Lipinski definition) is 3. The van der Waals surface area contributed by atoms with E-state index in [9.17, 15) is 15.0 Å². The predicted molar refractivity (Wildman–Crippen MR) is 56.6 cm³/mol. The Balaban J connectivity index is 3.04. The second kappa shape index (κ2) is 5.11. The Hall–Kier alpha value is -1.37. The van der Waals surface area contributed by atoms with Gasteiger partial charge in [-0.15, -0.1) is 0 Å². The van der Waals surface area contributed by atoms with Crippen molar-refractivity contribution in [2.24, 2.45) is 0 Å². The second-order valence-corrected chi connectivity index (χ2v) is 3.38. The number of pyridine rings is 1. The molecule has 1 heterocycles. The molecule has 0 saturated heterocycles. The van der Waals surface area contributed by atoms with Crippen molar-refractivity contribution in [3.63, 3.8) is 0 Å². The maximum atomic E-state index is 11.0. The van der Waals surface area contributed by atoms with Crippen molar-refractivity contribution in [3.05, 3.63) is 23.0 Å². The van der Waals surface area contributed by atoms with Gasteiger partial charge >= 0.3 is 5.97 Å². The summed E-state index contributed by atoms with van der Waals surface area (Å²) in [7, 11) is 1.09. The number of ether oxygens (including phenoxy) is 1. The molecule has 0 aromatic carbocycles. The number of nitrogens with two attached hydrogens (primary N) is 1. The van der Waals surface area contributed by atoms with Crippen molar-refractivity contribution < 1.29 is 19.7 Å². The summed E-state index contributed by atoms with van der Waals surface area (Å²) in [6.07, 6.45) is -1.99. The summed E-state index contributed by atoms with van der Waals surface area (Å²) in [5, 5.41) is 19.0.